The second-order valence-electron chi connectivity index (χ2n) is 5.24. The lowest BCUT2D eigenvalue weighted by molar-refractivity contribution is 0.715. The van der Waals surface area contributed by atoms with Crippen LogP contribution in [0.3, 0.4) is 0 Å². The first-order valence-corrected chi connectivity index (χ1v) is 7.06. The number of benzene rings is 1. The summed E-state index contributed by atoms with van der Waals surface area (Å²) in [4.78, 5) is 16.4. The van der Waals surface area contributed by atoms with Crippen molar-refractivity contribution in [1.29, 1.82) is 0 Å². The number of hydrogen-bond acceptors (Lipinski definition) is 3. The van der Waals surface area contributed by atoms with Crippen LogP contribution in [-0.4, -0.2) is 18.7 Å². The SMILES string of the molecule is Cc1ccc(Cn2cnc3c2c(=S)n(C)c(=O)n3C)cc1. The second-order valence-corrected chi connectivity index (χ2v) is 5.62. The van der Waals surface area contributed by atoms with Crippen LogP contribution < -0.4 is 5.69 Å². The highest BCUT2D eigenvalue weighted by molar-refractivity contribution is 7.71. The van der Waals surface area contributed by atoms with E-state index >= 15 is 0 Å². The van der Waals surface area contributed by atoms with Gasteiger partial charge in [-0.2, -0.15) is 0 Å². The molecule has 2 heterocycles. The molecule has 0 bridgehead atoms. The fraction of sp³-hybridized carbons (Fsp3) is 0.267. The number of imidazole rings is 1. The van der Waals surface area contributed by atoms with Gasteiger partial charge in [0.2, 0.25) is 0 Å². The van der Waals surface area contributed by atoms with Crippen LogP contribution in [0.4, 0.5) is 0 Å². The fourth-order valence-corrected chi connectivity index (χ4v) is 2.69. The van der Waals surface area contributed by atoms with Gasteiger partial charge in [0, 0.05) is 20.6 Å². The third-order valence-electron chi connectivity index (χ3n) is 3.69. The Bertz CT molecular complexity index is 931. The highest BCUT2D eigenvalue weighted by atomic mass is 32.1. The predicted molar refractivity (Wildman–Crippen MR) is 85.1 cm³/mol. The van der Waals surface area contributed by atoms with E-state index in [0.717, 1.165) is 5.52 Å². The van der Waals surface area contributed by atoms with Crippen LogP contribution in [-0.2, 0) is 20.6 Å². The molecule has 0 unspecified atom stereocenters. The first kappa shape index (κ1) is 13.8. The van der Waals surface area contributed by atoms with Gasteiger partial charge in [-0.1, -0.05) is 42.0 Å². The molecule has 1 aromatic carbocycles. The maximum Gasteiger partial charge on any atom is 0.330 e. The molecule has 6 heteroatoms. The highest BCUT2D eigenvalue weighted by Crippen LogP contribution is 2.14. The molecule has 0 saturated carbocycles. The van der Waals surface area contributed by atoms with Crippen LogP contribution in [0.5, 0.6) is 0 Å². The van der Waals surface area contributed by atoms with E-state index in [4.69, 9.17) is 12.2 Å². The van der Waals surface area contributed by atoms with Crippen LogP contribution in [0.25, 0.3) is 11.2 Å². The normalized spacial score (nSPS) is 11.2. The lowest BCUT2D eigenvalue weighted by Crippen LogP contribution is -2.28. The maximum atomic E-state index is 12.0. The van der Waals surface area contributed by atoms with Gasteiger partial charge >= 0.3 is 5.69 Å². The minimum absolute atomic E-state index is 0.159. The first-order chi connectivity index (χ1) is 9.99. The molecule has 0 atom stereocenters. The van der Waals surface area contributed by atoms with Crippen LogP contribution in [0, 0.1) is 11.6 Å². The number of hydrogen-bond donors (Lipinski definition) is 0. The second kappa shape index (κ2) is 4.96. The summed E-state index contributed by atoms with van der Waals surface area (Å²) in [7, 11) is 3.40. The molecule has 0 aliphatic rings. The van der Waals surface area contributed by atoms with Crippen LogP contribution in [0.15, 0.2) is 35.4 Å². The fourth-order valence-electron chi connectivity index (χ4n) is 2.41. The summed E-state index contributed by atoms with van der Waals surface area (Å²) in [5, 5.41) is 0. The van der Waals surface area contributed by atoms with Crippen molar-refractivity contribution >= 4 is 23.4 Å². The topological polar surface area (TPSA) is 44.8 Å². The largest absolute Gasteiger partial charge is 0.330 e. The molecule has 3 aromatic rings. The number of rotatable bonds is 2. The lowest BCUT2D eigenvalue weighted by Gasteiger charge is -2.08. The molecular weight excluding hydrogens is 284 g/mol. The Kier molecular flexibility index (Phi) is 3.25. The Labute approximate surface area is 127 Å². The predicted octanol–water partition coefficient (Wildman–Crippen LogP) is 2.16. The zero-order valence-corrected chi connectivity index (χ0v) is 13.0. The molecule has 3 rings (SSSR count). The van der Waals surface area contributed by atoms with Gasteiger partial charge in [-0.25, -0.2) is 9.78 Å². The smallest absolute Gasteiger partial charge is 0.322 e. The molecular formula is C15H16N4OS. The van der Waals surface area contributed by atoms with Gasteiger partial charge in [0.25, 0.3) is 0 Å². The molecule has 0 saturated heterocycles. The van der Waals surface area contributed by atoms with Gasteiger partial charge in [-0.05, 0) is 12.5 Å². The third kappa shape index (κ3) is 2.21. The van der Waals surface area contributed by atoms with E-state index in [1.54, 1.807) is 20.4 Å². The third-order valence-corrected chi connectivity index (χ3v) is 4.16. The van der Waals surface area contributed by atoms with Crippen molar-refractivity contribution in [3.05, 3.63) is 56.8 Å². The molecule has 0 spiro atoms. The van der Waals surface area contributed by atoms with E-state index in [2.05, 4.69) is 36.2 Å². The number of nitrogens with zero attached hydrogens (tertiary/aromatic N) is 4. The molecule has 0 N–H and O–H groups in total. The van der Waals surface area contributed by atoms with E-state index in [1.807, 2.05) is 4.57 Å². The quantitative estimate of drug-likeness (QED) is 0.681. The van der Waals surface area contributed by atoms with Crippen LogP contribution >= 0.6 is 12.2 Å². The minimum Gasteiger partial charge on any atom is -0.322 e. The molecule has 0 aliphatic carbocycles. The van der Waals surface area contributed by atoms with Crippen molar-refractivity contribution < 1.29 is 0 Å². The summed E-state index contributed by atoms with van der Waals surface area (Å²) in [6, 6.07) is 8.34. The molecule has 0 radical (unpaired) electrons. The molecule has 0 fully saturated rings. The van der Waals surface area contributed by atoms with Crippen molar-refractivity contribution in [2.24, 2.45) is 14.1 Å². The van der Waals surface area contributed by atoms with E-state index in [-0.39, 0.29) is 5.69 Å². The lowest BCUT2D eigenvalue weighted by atomic mass is 10.1. The minimum atomic E-state index is -0.159. The van der Waals surface area contributed by atoms with Crippen molar-refractivity contribution in [2.75, 3.05) is 0 Å². The summed E-state index contributed by atoms with van der Waals surface area (Å²) in [5.41, 5.74) is 3.68. The Morgan fingerprint density at radius 1 is 1.14 bits per heavy atom. The monoisotopic (exact) mass is 300 g/mol. The summed E-state index contributed by atoms with van der Waals surface area (Å²) in [6.07, 6.45) is 1.74. The summed E-state index contributed by atoms with van der Waals surface area (Å²) < 4.78 is 5.50. The standard InChI is InChI=1S/C15H16N4OS/c1-10-4-6-11(7-5-10)8-19-9-16-13-12(19)14(21)18(3)15(20)17(13)2/h4-7,9H,8H2,1-3H3. The first-order valence-electron chi connectivity index (χ1n) is 6.65. The van der Waals surface area contributed by atoms with Crippen molar-refractivity contribution in [3.63, 3.8) is 0 Å². The van der Waals surface area contributed by atoms with Crippen molar-refractivity contribution in [2.45, 2.75) is 13.5 Å². The van der Waals surface area contributed by atoms with Gasteiger partial charge in [0.1, 0.15) is 10.2 Å². The van der Waals surface area contributed by atoms with E-state index < -0.39 is 0 Å². The van der Waals surface area contributed by atoms with Gasteiger partial charge in [0.05, 0.1) is 6.33 Å². The van der Waals surface area contributed by atoms with Crippen molar-refractivity contribution in [3.8, 4) is 0 Å². The van der Waals surface area contributed by atoms with Gasteiger partial charge in [-0.3, -0.25) is 9.13 Å². The zero-order valence-electron chi connectivity index (χ0n) is 12.2. The zero-order chi connectivity index (χ0) is 15.1. The van der Waals surface area contributed by atoms with Gasteiger partial charge in [0.15, 0.2) is 5.65 Å². The summed E-state index contributed by atoms with van der Waals surface area (Å²) >= 11 is 5.41. The maximum absolute atomic E-state index is 12.0. The number of fused-ring (bicyclic) bond motifs is 1. The molecule has 0 aliphatic heterocycles. The highest BCUT2D eigenvalue weighted by Gasteiger charge is 2.12. The average molecular weight is 300 g/mol. The molecule has 0 amide bonds. The molecule has 5 nitrogen and oxygen atoms in total. The van der Waals surface area contributed by atoms with E-state index in [9.17, 15) is 4.79 Å². The number of aromatic nitrogens is 4. The molecule has 2 aromatic heterocycles. The average Bonchev–Trinajstić information content (AvgIpc) is 2.89. The Hall–Kier alpha value is -2.21. The summed E-state index contributed by atoms with van der Waals surface area (Å²) in [6.45, 7) is 2.74. The molecule has 108 valence electrons. The van der Waals surface area contributed by atoms with Crippen LogP contribution in [0.1, 0.15) is 11.1 Å². The van der Waals surface area contributed by atoms with Gasteiger partial charge in [-0.15, -0.1) is 0 Å². The van der Waals surface area contributed by atoms with E-state index in [1.165, 1.54) is 20.3 Å². The Morgan fingerprint density at radius 3 is 2.48 bits per heavy atom. The Morgan fingerprint density at radius 2 is 1.81 bits per heavy atom. The summed E-state index contributed by atoms with van der Waals surface area (Å²) in [5.74, 6) is 0. The molecule has 21 heavy (non-hydrogen) atoms. The van der Waals surface area contributed by atoms with Gasteiger partial charge < -0.3 is 4.57 Å². The Balaban J connectivity index is 2.19. The van der Waals surface area contributed by atoms with E-state index in [0.29, 0.717) is 16.8 Å². The van der Waals surface area contributed by atoms with Crippen molar-refractivity contribution in [1.82, 2.24) is 18.7 Å². The number of aryl methyl sites for hydroxylation is 2. The van der Waals surface area contributed by atoms with Crippen LogP contribution in [0.2, 0.25) is 0 Å².